The number of carbonyl (C=O) groups excluding carboxylic acids is 1. The molecule has 4 nitrogen and oxygen atoms in total. The predicted molar refractivity (Wildman–Crippen MR) is 114 cm³/mol. The molecule has 6 heteroatoms. The van der Waals surface area contributed by atoms with E-state index in [1.165, 1.54) is 24.6 Å². The van der Waals surface area contributed by atoms with Gasteiger partial charge in [-0.2, -0.15) is 0 Å². The molecule has 1 fully saturated rings. The van der Waals surface area contributed by atoms with Crippen molar-refractivity contribution < 1.29 is 4.79 Å². The molecular weight excluding hydrogens is 390 g/mol. The minimum atomic E-state index is -0.301. The number of benzene rings is 2. The lowest BCUT2D eigenvalue weighted by Gasteiger charge is -2.19. The molecule has 1 aromatic heterocycles. The zero-order valence-electron chi connectivity index (χ0n) is 15.7. The van der Waals surface area contributed by atoms with Crippen LogP contribution in [0.2, 0.25) is 5.02 Å². The highest BCUT2D eigenvalue weighted by Crippen LogP contribution is 2.42. The highest BCUT2D eigenvalue weighted by molar-refractivity contribution is 8.00. The summed E-state index contributed by atoms with van der Waals surface area (Å²) in [7, 11) is 0. The molecule has 0 amide bonds. The first-order chi connectivity index (χ1) is 13.6. The van der Waals surface area contributed by atoms with E-state index in [-0.39, 0.29) is 11.0 Å². The van der Waals surface area contributed by atoms with Gasteiger partial charge in [-0.15, -0.1) is 10.2 Å². The van der Waals surface area contributed by atoms with E-state index in [0.717, 1.165) is 34.9 Å². The number of rotatable bonds is 6. The average molecular weight is 412 g/mol. The molecule has 0 aliphatic heterocycles. The molecule has 0 radical (unpaired) electrons. The number of thioether (sulfide) groups is 1. The Morgan fingerprint density at radius 2 is 1.75 bits per heavy atom. The number of hydrogen-bond acceptors (Lipinski definition) is 4. The van der Waals surface area contributed by atoms with Crippen LogP contribution in [-0.4, -0.2) is 20.5 Å². The number of aromatic nitrogens is 3. The summed E-state index contributed by atoms with van der Waals surface area (Å²) >= 11 is 7.94. The standard InChI is InChI=1S/C22H22ClN3OS/c1-15(27)20(16-9-3-2-4-10-16)28-22-25-24-21(18-13-7-8-14-19(18)23)26(22)17-11-5-6-12-17/h2-4,7-10,13-14,17,20H,5-6,11-12H2,1H3. The van der Waals surface area contributed by atoms with Crippen molar-refractivity contribution >= 4 is 29.1 Å². The summed E-state index contributed by atoms with van der Waals surface area (Å²) in [6.07, 6.45) is 4.59. The van der Waals surface area contributed by atoms with Gasteiger partial charge >= 0.3 is 0 Å². The van der Waals surface area contributed by atoms with Gasteiger partial charge in [0, 0.05) is 11.6 Å². The van der Waals surface area contributed by atoms with E-state index in [4.69, 9.17) is 11.6 Å². The molecule has 0 spiro atoms. The Morgan fingerprint density at radius 3 is 2.43 bits per heavy atom. The topological polar surface area (TPSA) is 47.8 Å². The maximum absolute atomic E-state index is 12.4. The molecule has 1 aliphatic carbocycles. The molecule has 1 aliphatic rings. The summed E-state index contributed by atoms with van der Waals surface area (Å²) in [5, 5.41) is 10.1. The van der Waals surface area contributed by atoms with Crippen molar-refractivity contribution in [3.8, 4) is 11.4 Å². The summed E-state index contributed by atoms with van der Waals surface area (Å²) in [4.78, 5) is 12.4. The summed E-state index contributed by atoms with van der Waals surface area (Å²) < 4.78 is 2.21. The van der Waals surface area contributed by atoms with Crippen molar-refractivity contribution in [3.63, 3.8) is 0 Å². The predicted octanol–water partition coefficient (Wildman–Crippen LogP) is 6.14. The van der Waals surface area contributed by atoms with Crippen molar-refractivity contribution in [2.75, 3.05) is 0 Å². The molecule has 1 unspecified atom stereocenters. The molecule has 3 aromatic rings. The third-order valence-electron chi connectivity index (χ3n) is 5.16. The second kappa shape index (κ2) is 8.50. The van der Waals surface area contributed by atoms with Gasteiger partial charge in [0.15, 0.2) is 11.0 Å². The molecule has 0 saturated heterocycles. The van der Waals surface area contributed by atoms with E-state index in [2.05, 4.69) is 14.8 Å². The maximum Gasteiger partial charge on any atom is 0.192 e. The Bertz CT molecular complexity index is 967. The minimum absolute atomic E-state index is 0.108. The van der Waals surface area contributed by atoms with Gasteiger partial charge in [-0.3, -0.25) is 9.36 Å². The van der Waals surface area contributed by atoms with Crippen molar-refractivity contribution in [2.24, 2.45) is 0 Å². The zero-order valence-corrected chi connectivity index (χ0v) is 17.3. The first-order valence-corrected chi connectivity index (χ1v) is 10.8. The van der Waals surface area contributed by atoms with E-state index in [1.54, 1.807) is 6.92 Å². The van der Waals surface area contributed by atoms with Crippen LogP contribution >= 0.6 is 23.4 Å². The quantitative estimate of drug-likeness (QED) is 0.457. The summed E-state index contributed by atoms with van der Waals surface area (Å²) in [5.74, 6) is 0.895. The van der Waals surface area contributed by atoms with Crippen LogP contribution in [0.25, 0.3) is 11.4 Å². The average Bonchev–Trinajstić information content (AvgIpc) is 3.36. The highest BCUT2D eigenvalue weighted by atomic mass is 35.5. The van der Waals surface area contributed by atoms with E-state index < -0.39 is 0 Å². The van der Waals surface area contributed by atoms with Gasteiger partial charge in [0.25, 0.3) is 0 Å². The third kappa shape index (κ3) is 3.87. The molecule has 144 valence electrons. The van der Waals surface area contributed by atoms with Gasteiger partial charge in [-0.05, 0) is 37.5 Å². The second-order valence-electron chi connectivity index (χ2n) is 7.11. The smallest absolute Gasteiger partial charge is 0.192 e. The lowest BCUT2D eigenvalue weighted by atomic mass is 10.1. The van der Waals surface area contributed by atoms with Gasteiger partial charge in [-0.25, -0.2) is 0 Å². The Balaban J connectivity index is 1.76. The molecular formula is C22H22ClN3OS. The number of halogens is 1. The summed E-state index contributed by atoms with van der Waals surface area (Å²) in [6.45, 7) is 1.63. The van der Waals surface area contributed by atoms with Crippen LogP contribution in [-0.2, 0) is 4.79 Å². The van der Waals surface area contributed by atoms with Crippen LogP contribution in [0.5, 0.6) is 0 Å². The highest BCUT2D eigenvalue weighted by Gasteiger charge is 2.28. The van der Waals surface area contributed by atoms with E-state index >= 15 is 0 Å². The fraction of sp³-hybridized carbons (Fsp3) is 0.318. The number of Topliss-reactive ketones (excluding diaryl/α,β-unsaturated/α-hetero) is 1. The first-order valence-electron chi connectivity index (χ1n) is 9.57. The number of nitrogens with zero attached hydrogens (tertiary/aromatic N) is 3. The molecule has 28 heavy (non-hydrogen) atoms. The van der Waals surface area contributed by atoms with Crippen molar-refractivity contribution in [1.29, 1.82) is 0 Å². The van der Waals surface area contributed by atoms with Crippen LogP contribution in [0.3, 0.4) is 0 Å². The van der Waals surface area contributed by atoms with Crippen molar-refractivity contribution in [3.05, 3.63) is 65.2 Å². The normalized spacial score (nSPS) is 15.6. The van der Waals surface area contributed by atoms with Gasteiger partial charge in [0.1, 0.15) is 5.78 Å². The monoisotopic (exact) mass is 411 g/mol. The summed E-state index contributed by atoms with van der Waals surface area (Å²) in [6, 6.07) is 17.9. The zero-order chi connectivity index (χ0) is 19.5. The Hall–Kier alpha value is -2.11. The molecule has 1 saturated carbocycles. The molecule has 0 bridgehead atoms. The van der Waals surface area contributed by atoms with Crippen LogP contribution in [0.15, 0.2) is 59.8 Å². The Morgan fingerprint density at radius 1 is 1.07 bits per heavy atom. The Labute approximate surface area is 174 Å². The first kappa shape index (κ1) is 19.2. The molecule has 1 heterocycles. The van der Waals surface area contributed by atoms with Gasteiger partial charge in [-0.1, -0.05) is 78.7 Å². The van der Waals surface area contributed by atoms with Crippen LogP contribution < -0.4 is 0 Å². The van der Waals surface area contributed by atoms with E-state index in [9.17, 15) is 4.79 Å². The molecule has 4 rings (SSSR count). The molecule has 1 atom stereocenters. The van der Waals surface area contributed by atoms with E-state index in [1.807, 2.05) is 54.6 Å². The van der Waals surface area contributed by atoms with Gasteiger partial charge < -0.3 is 0 Å². The minimum Gasteiger partial charge on any atom is -0.299 e. The van der Waals surface area contributed by atoms with Gasteiger partial charge in [0.05, 0.1) is 10.3 Å². The van der Waals surface area contributed by atoms with Crippen molar-refractivity contribution in [1.82, 2.24) is 14.8 Å². The fourth-order valence-electron chi connectivity index (χ4n) is 3.79. The van der Waals surface area contributed by atoms with Crippen molar-refractivity contribution in [2.45, 2.75) is 49.1 Å². The molecule has 2 aromatic carbocycles. The largest absolute Gasteiger partial charge is 0.299 e. The maximum atomic E-state index is 12.4. The second-order valence-corrected chi connectivity index (χ2v) is 8.59. The third-order valence-corrected chi connectivity index (χ3v) is 6.82. The lowest BCUT2D eigenvalue weighted by Crippen LogP contribution is -2.11. The summed E-state index contributed by atoms with van der Waals surface area (Å²) in [5.41, 5.74) is 1.87. The number of hydrogen-bond donors (Lipinski definition) is 0. The number of carbonyl (C=O) groups is 1. The van der Waals surface area contributed by atoms with Gasteiger partial charge in [0.2, 0.25) is 0 Å². The Kier molecular flexibility index (Phi) is 5.83. The number of ketones is 1. The fourth-order valence-corrected chi connectivity index (χ4v) is 5.12. The molecule has 0 N–H and O–H groups in total. The lowest BCUT2D eigenvalue weighted by molar-refractivity contribution is -0.116. The SMILES string of the molecule is CC(=O)C(Sc1nnc(-c2ccccc2Cl)n1C1CCCC1)c1ccccc1. The van der Waals surface area contributed by atoms with Crippen LogP contribution in [0, 0.1) is 0 Å². The van der Waals surface area contributed by atoms with Crippen LogP contribution in [0.1, 0.15) is 49.5 Å². The van der Waals surface area contributed by atoms with Crippen LogP contribution in [0.4, 0.5) is 0 Å². The van der Waals surface area contributed by atoms with E-state index in [0.29, 0.717) is 11.1 Å².